The Morgan fingerprint density at radius 2 is 0.574 bits per heavy atom. The molecule has 0 rings (SSSR count). The Morgan fingerprint density at radius 1 is 0.328 bits per heavy atom. The highest BCUT2D eigenvalue weighted by molar-refractivity contribution is 5.71. The van der Waals surface area contributed by atoms with Gasteiger partial charge in [0.15, 0.2) is 6.10 Å². The summed E-state index contributed by atoms with van der Waals surface area (Å²) in [5.41, 5.74) is 0. The first-order chi connectivity index (χ1) is 30.0. The normalized spacial score (nSPS) is 12.1. The van der Waals surface area contributed by atoms with Crippen molar-refractivity contribution < 1.29 is 28.6 Å². The van der Waals surface area contributed by atoms with Crippen LogP contribution in [0.5, 0.6) is 0 Å². The van der Waals surface area contributed by atoms with Crippen LogP contribution in [-0.2, 0) is 28.6 Å². The van der Waals surface area contributed by atoms with Crippen LogP contribution in [0.4, 0.5) is 0 Å². The Labute approximate surface area is 379 Å². The largest absolute Gasteiger partial charge is 0.462 e. The molecule has 0 aliphatic carbocycles. The molecule has 0 fully saturated rings. The number of esters is 3. The predicted molar refractivity (Wildman–Crippen MR) is 261 cm³/mol. The predicted octanol–water partition coefficient (Wildman–Crippen LogP) is 17.5. The summed E-state index contributed by atoms with van der Waals surface area (Å²) in [7, 11) is 0. The number of hydrogen-bond donors (Lipinski definition) is 0. The van der Waals surface area contributed by atoms with Crippen LogP contribution in [0.2, 0.25) is 0 Å². The molecule has 0 N–H and O–H groups in total. The number of rotatable bonds is 49. The van der Waals surface area contributed by atoms with E-state index in [1.54, 1.807) is 0 Å². The average molecular weight is 859 g/mol. The summed E-state index contributed by atoms with van der Waals surface area (Å²) in [6.07, 6.45) is 57.3. The van der Waals surface area contributed by atoms with Crippen LogP contribution in [0.25, 0.3) is 0 Å². The Hall–Kier alpha value is -2.11. The molecule has 0 saturated carbocycles. The lowest BCUT2D eigenvalue weighted by Gasteiger charge is -2.18. The molecule has 1 unspecified atom stereocenters. The van der Waals surface area contributed by atoms with Gasteiger partial charge >= 0.3 is 17.9 Å². The monoisotopic (exact) mass is 859 g/mol. The molecule has 0 spiro atoms. The van der Waals surface area contributed by atoms with E-state index in [-0.39, 0.29) is 31.1 Å². The van der Waals surface area contributed by atoms with Gasteiger partial charge in [-0.1, -0.05) is 251 Å². The van der Waals surface area contributed by atoms with Crippen molar-refractivity contribution in [1.29, 1.82) is 0 Å². The maximum absolute atomic E-state index is 12.8. The van der Waals surface area contributed by atoms with Gasteiger partial charge in [0.05, 0.1) is 0 Å². The molecule has 1 atom stereocenters. The molecule has 6 nitrogen and oxygen atoms in total. The second kappa shape index (κ2) is 50.5. The molecule has 0 aromatic carbocycles. The van der Waals surface area contributed by atoms with Gasteiger partial charge in [-0.3, -0.25) is 14.4 Å². The maximum atomic E-state index is 12.8. The van der Waals surface area contributed by atoms with Gasteiger partial charge in [0.25, 0.3) is 0 Å². The first-order valence-corrected chi connectivity index (χ1v) is 26.9. The number of allylic oxidation sites excluding steroid dienone is 4. The van der Waals surface area contributed by atoms with Crippen molar-refractivity contribution in [2.45, 2.75) is 297 Å². The maximum Gasteiger partial charge on any atom is 0.306 e. The molecular weight excluding hydrogens is 757 g/mol. The molecule has 0 heterocycles. The molecule has 0 amide bonds. The first-order valence-electron chi connectivity index (χ1n) is 26.9. The van der Waals surface area contributed by atoms with Gasteiger partial charge in [-0.15, -0.1) is 0 Å². The van der Waals surface area contributed by atoms with Crippen molar-refractivity contribution >= 4 is 17.9 Å². The molecule has 6 heteroatoms. The summed E-state index contributed by atoms with van der Waals surface area (Å²) < 4.78 is 16.8. The third-order valence-electron chi connectivity index (χ3n) is 12.0. The third-order valence-corrected chi connectivity index (χ3v) is 12.0. The number of carbonyl (C=O) groups excluding carboxylic acids is 3. The lowest BCUT2D eigenvalue weighted by Crippen LogP contribution is -2.30. The van der Waals surface area contributed by atoms with E-state index in [9.17, 15) is 14.4 Å². The highest BCUT2D eigenvalue weighted by Gasteiger charge is 2.19. The molecule has 0 aromatic heterocycles. The second-order valence-electron chi connectivity index (χ2n) is 18.2. The molecule has 0 aliphatic heterocycles. The quantitative estimate of drug-likeness (QED) is 0.0262. The number of hydrogen-bond acceptors (Lipinski definition) is 6. The molecule has 61 heavy (non-hydrogen) atoms. The molecule has 0 saturated heterocycles. The molecule has 358 valence electrons. The van der Waals surface area contributed by atoms with E-state index in [0.717, 1.165) is 57.8 Å². The minimum atomic E-state index is -0.765. The standard InChI is InChI=1S/C55H102O6/c1-4-7-10-13-16-19-22-24-25-26-27-28-29-31-33-36-39-42-45-48-54(57)60-51-52(50-59-53(56)47-44-41-38-35-32-21-18-15-12-9-6-3)61-55(58)49-46-43-40-37-34-30-23-20-17-14-11-8-5-2/h16,19,22,24,52H,4-15,17-18,20-21,23,25-51H2,1-3H3/b19-16-,24-22-. The van der Waals surface area contributed by atoms with E-state index in [2.05, 4.69) is 45.1 Å². The summed E-state index contributed by atoms with van der Waals surface area (Å²) in [6, 6.07) is 0. The highest BCUT2D eigenvalue weighted by Crippen LogP contribution is 2.16. The van der Waals surface area contributed by atoms with Crippen LogP contribution in [0.3, 0.4) is 0 Å². The summed E-state index contributed by atoms with van der Waals surface area (Å²) in [6.45, 7) is 6.63. The van der Waals surface area contributed by atoms with E-state index < -0.39 is 6.10 Å². The zero-order valence-electron chi connectivity index (χ0n) is 40.9. The van der Waals surface area contributed by atoms with E-state index in [1.165, 1.54) is 193 Å². The van der Waals surface area contributed by atoms with Gasteiger partial charge < -0.3 is 14.2 Å². The fourth-order valence-corrected chi connectivity index (χ4v) is 7.91. The minimum Gasteiger partial charge on any atom is -0.462 e. The van der Waals surface area contributed by atoms with Crippen LogP contribution in [0.15, 0.2) is 24.3 Å². The lowest BCUT2D eigenvalue weighted by atomic mass is 10.0. The molecule has 0 aliphatic rings. The van der Waals surface area contributed by atoms with Crippen LogP contribution < -0.4 is 0 Å². The van der Waals surface area contributed by atoms with Gasteiger partial charge in [-0.25, -0.2) is 0 Å². The van der Waals surface area contributed by atoms with Crippen molar-refractivity contribution in [2.24, 2.45) is 0 Å². The average Bonchev–Trinajstić information content (AvgIpc) is 3.26. The van der Waals surface area contributed by atoms with Crippen LogP contribution >= 0.6 is 0 Å². The van der Waals surface area contributed by atoms with Gasteiger partial charge in [0.1, 0.15) is 13.2 Å². The van der Waals surface area contributed by atoms with Gasteiger partial charge in [0.2, 0.25) is 0 Å². The summed E-state index contributed by atoms with van der Waals surface area (Å²) in [5.74, 6) is -0.856. The van der Waals surface area contributed by atoms with Gasteiger partial charge in [-0.05, 0) is 44.9 Å². The number of carbonyl (C=O) groups is 3. The summed E-state index contributed by atoms with van der Waals surface area (Å²) >= 11 is 0. The highest BCUT2D eigenvalue weighted by atomic mass is 16.6. The Balaban J connectivity index is 4.28. The van der Waals surface area contributed by atoms with E-state index in [1.807, 2.05) is 0 Å². The Bertz CT molecular complexity index is 989. The van der Waals surface area contributed by atoms with Crippen molar-refractivity contribution in [1.82, 2.24) is 0 Å². The fourth-order valence-electron chi connectivity index (χ4n) is 7.91. The van der Waals surface area contributed by atoms with Gasteiger partial charge in [-0.2, -0.15) is 0 Å². The molecule has 0 aromatic rings. The second-order valence-corrected chi connectivity index (χ2v) is 18.2. The molecule has 0 bridgehead atoms. The van der Waals surface area contributed by atoms with Crippen molar-refractivity contribution in [3.63, 3.8) is 0 Å². The van der Waals surface area contributed by atoms with E-state index >= 15 is 0 Å². The Kier molecular flexibility index (Phi) is 48.8. The van der Waals surface area contributed by atoms with Gasteiger partial charge in [0, 0.05) is 19.3 Å². The zero-order chi connectivity index (χ0) is 44.4. The smallest absolute Gasteiger partial charge is 0.306 e. The summed E-state index contributed by atoms with van der Waals surface area (Å²) in [5, 5.41) is 0. The topological polar surface area (TPSA) is 78.9 Å². The Morgan fingerprint density at radius 3 is 0.902 bits per heavy atom. The van der Waals surface area contributed by atoms with E-state index in [4.69, 9.17) is 14.2 Å². The van der Waals surface area contributed by atoms with Crippen molar-refractivity contribution in [3.05, 3.63) is 24.3 Å². The summed E-state index contributed by atoms with van der Waals surface area (Å²) in [4.78, 5) is 38.0. The SMILES string of the molecule is CCCCC/C=C\C=C/CCCCCCCCCCCCC(=O)OCC(COC(=O)CCCCCCCCCCCCC)OC(=O)CCCCCCCCCCCCCCC. The third kappa shape index (κ3) is 48.8. The fraction of sp³-hybridized carbons (Fsp3) is 0.873. The lowest BCUT2D eigenvalue weighted by molar-refractivity contribution is -0.167. The number of unbranched alkanes of at least 4 members (excludes halogenated alkanes) is 35. The van der Waals surface area contributed by atoms with Crippen LogP contribution in [0, 0.1) is 0 Å². The van der Waals surface area contributed by atoms with Crippen LogP contribution in [0.1, 0.15) is 290 Å². The van der Waals surface area contributed by atoms with Crippen molar-refractivity contribution in [2.75, 3.05) is 13.2 Å². The zero-order valence-corrected chi connectivity index (χ0v) is 40.9. The van der Waals surface area contributed by atoms with E-state index in [0.29, 0.717) is 19.3 Å². The number of ether oxygens (including phenoxy) is 3. The molecular formula is C55H102O6. The molecule has 0 radical (unpaired) electrons. The first kappa shape index (κ1) is 58.9. The minimum absolute atomic E-state index is 0.0671. The van der Waals surface area contributed by atoms with Crippen molar-refractivity contribution in [3.8, 4) is 0 Å². The van der Waals surface area contributed by atoms with Crippen LogP contribution in [-0.4, -0.2) is 37.2 Å².